The molecule has 0 aliphatic carbocycles. The number of benzene rings is 2. The zero-order chi connectivity index (χ0) is 21.0. The van der Waals surface area contributed by atoms with Gasteiger partial charge in [-0.1, -0.05) is 17.7 Å². The Morgan fingerprint density at radius 3 is 2.62 bits per heavy atom. The Hall–Kier alpha value is -3.32. The number of esters is 1. The summed E-state index contributed by atoms with van der Waals surface area (Å²) in [7, 11) is 0. The molecule has 1 heterocycles. The Labute approximate surface area is 171 Å². The fraction of sp³-hybridized carbons (Fsp3) is 0.190. The average Bonchev–Trinajstić information content (AvgIpc) is 2.66. The predicted octanol–water partition coefficient (Wildman–Crippen LogP) is 3.62. The minimum absolute atomic E-state index is 0.332. The van der Waals surface area contributed by atoms with Gasteiger partial charge in [-0.2, -0.15) is 0 Å². The molecule has 8 heteroatoms. The highest BCUT2D eigenvalue weighted by Gasteiger charge is 2.11. The highest BCUT2D eigenvalue weighted by Crippen LogP contribution is 2.23. The Morgan fingerprint density at radius 1 is 1.07 bits per heavy atom. The lowest BCUT2D eigenvalue weighted by atomic mass is 10.1. The average molecular weight is 416 g/mol. The molecular weight excluding hydrogens is 398 g/mol. The molecule has 2 aromatic carbocycles. The van der Waals surface area contributed by atoms with Gasteiger partial charge in [0.1, 0.15) is 11.3 Å². The van der Waals surface area contributed by atoms with E-state index in [2.05, 4.69) is 5.32 Å². The van der Waals surface area contributed by atoms with Gasteiger partial charge in [-0.15, -0.1) is 0 Å². The van der Waals surface area contributed by atoms with Crippen molar-refractivity contribution < 1.29 is 23.5 Å². The van der Waals surface area contributed by atoms with Gasteiger partial charge >= 0.3 is 11.6 Å². The maximum Gasteiger partial charge on any atom is 0.344 e. The van der Waals surface area contributed by atoms with E-state index < -0.39 is 30.7 Å². The second kappa shape index (κ2) is 8.79. The molecule has 1 amide bonds. The summed E-state index contributed by atoms with van der Waals surface area (Å²) < 4.78 is 15.4. The second-order valence-electron chi connectivity index (χ2n) is 6.39. The molecule has 1 N–H and O–H groups in total. The zero-order valence-electron chi connectivity index (χ0n) is 15.8. The SMILES string of the molecule is Cc1ccc(NC(=O)COC(=O)COc2ccc3c(C)cc(=O)oc3c2)c(Cl)c1. The highest BCUT2D eigenvalue weighted by atomic mass is 35.5. The highest BCUT2D eigenvalue weighted by molar-refractivity contribution is 6.33. The normalized spacial score (nSPS) is 10.6. The predicted molar refractivity (Wildman–Crippen MR) is 108 cm³/mol. The number of amides is 1. The number of rotatable bonds is 6. The van der Waals surface area contributed by atoms with Crippen molar-refractivity contribution in [1.82, 2.24) is 0 Å². The number of aryl methyl sites for hydroxylation is 2. The van der Waals surface area contributed by atoms with Crippen LogP contribution in [0.4, 0.5) is 5.69 Å². The number of hydrogen-bond donors (Lipinski definition) is 1. The van der Waals surface area contributed by atoms with Crippen molar-refractivity contribution in [3.05, 3.63) is 69.0 Å². The van der Waals surface area contributed by atoms with E-state index in [1.165, 1.54) is 12.1 Å². The van der Waals surface area contributed by atoms with Crippen LogP contribution in [-0.4, -0.2) is 25.1 Å². The number of anilines is 1. The Bertz CT molecular complexity index is 1140. The maximum absolute atomic E-state index is 11.9. The first-order valence-corrected chi connectivity index (χ1v) is 9.08. The van der Waals surface area contributed by atoms with Crippen LogP contribution >= 0.6 is 11.6 Å². The second-order valence-corrected chi connectivity index (χ2v) is 6.79. The molecule has 3 aromatic rings. The Morgan fingerprint density at radius 2 is 1.86 bits per heavy atom. The van der Waals surface area contributed by atoms with Gasteiger partial charge in [-0.05, 0) is 49.2 Å². The summed E-state index contributed by atoms with van der Waals surface area (Å²) in [6.45, 7) is 2.80. The van der Waals surface area contributed by atoms with Gasteiger partial charge in [0.2, 0.25) is 0 Å². The largest absolute Gasteiger partial charge is 0.482 e. The third kappa shape index (κ3) is 5.36. The van der Waals surface area contributed by atoms with Crippen LogP contribution in [0.25, 0.3) is 11.0 Å². The molecule has 7 nitrogen and oxygen atoms in total. The van der Waals surface area contributed by atoms with Crippen molar-refractivity contribution in [3.63, 3.8) is 0 Å². The van der Waals surface area contributed by atoms with Crippen LogP contribution in [0.1, 0.15) is 11.1 Å². The molecule has 0 aliphatic heterocycles. The molecule has 3 rings (SSSR count). The lowest BCUT2D eigenvalue weighted by molar-refractivity contribution is -0.149. The smallest absolute Gasteiger partial charge is 0.344 e. The number of ether oxygens (including phenoxy) is 2. The van der Waals surface area contributed by atoms with E-state index in [-0.39, 0.29) is 0 Å². The van der Waals surface area contributed by atoms with E-state index in [1.807, 2.05) is 6.92 Å². The number of nitrogens with one attached hydrogen (secondary N) is 1. The van der Waals surface area contributed by atoms with Gasteiger partial charge < -0.3 is 19.2 Å². The summed E-state index contributed by atoms with van der Waals surface area (Å²) in [5.41, 5.74) is 2.06. The van der Waals surface area contributed by atoms with Crippen molar-refractivity contribution >= 4 is 40.1 Å². The summed E-state index contributed by atoms with van der Waals surface area (Å²) in [6, 6.07) is 11.5. The minimum Gasteiger partial charge on any atom is -0.482 e. The topological polar surface area (TPSA) is 94.8 Å². The number of carbonyl (C=O) groups is 2. The van der Waals surface area contributed by atoms with Gasteiger partial charge in [0.05, 0.1) is 10.7 Å². The van der Waals surface area contributed by atoms with Crippen LogP contribution in [0.15, 0.2) is 51.7 Å². The number of carbonyl (C=O) groups excluding carboxylic acids is 2. The van der Waals surface area contributed by atoms with E-state index in [0.29, 0.717) is 22.0 Å². The van der Waals surface area contributed by atoms with E-state index in [9.17, 15) is 14.4 Å². The fourth-order valence-electron chi connectivity index (χ4n) is 2.63. The molecule has 0 spiro atoms. The van der Waals surface area contributed by atoms with E-state index in [1.54, 1.807) is 37.3 Å². The van der Waals surface area contributed by atoms with Crippen LogP contribution in [0.5, 0.6) is 5.75 Å². The van der Waals surface area contributed by atoms with Gasteiger partial charge in [0.15, 0.2) is 13.2 Å². The van der Waals surface area contributed by atoms with E-state index in [4.69, 9.17) is 25.5 Å². The van der Waals surface area contributed by atoms with Gasteiger partial charge in [0.25, 0.3) is 5.91 Å². The lowest BCUT2D eigenvalue weighted by Crippen LogP contribution is -2.23. The molecule has 0 atom stereocenters. The summed E-state index contributed by atoms with van der Waals surface area (Å²) in [5, 5.41) is 3.73. The molecule has 0 aliphatic rings. The molecule has 29 heavy (non-hydrogen) atoms. The summed E-state index contributed by atoms with van der Waals surface area (Å²) in [5.74, 6) is -0.910. The van der Waals surface area contributed by atoms with Crippen LogP contribution in [0.3, 0.4) is 0 Å². The number of fused-ring (bicyclic) bond motifs is 1. The number of hydrogen-bond acceptors (Lipinski definition) is 6. The molecule has 0 saturated carbocycles. The Balaban J connectivity index is 1.51. The third-order valence-electron chi connectivity index (χ3n) is 4.04. The quantitative estimate of drug-likeness (QED) is 0.488. The van der Waals surface area contributed by atoms with Crippen molar-refractivity contribution in [2.75, 3.05) is 18.5 Å². The molecule has 150 valence electrons. The fourth-order valence-corrected chi connectivity index (χ4v) is 2.92. The van der Waals surface area contributed by atoms with Gasteiger partial charge in [-0.3, -0.25) is 4.79 Å². The molecule has 0 radical (unpaired) electrons. The first-order valence-electron chi connectivity index (χ1n) is 8.71. The maximum atomic E-state index is 11.9. The van der Waals surface area contributed by atoms with E-state index >= 15 is 0 Å². The van der Waals surface area contributed by atoms with Crippen molar-refractivity contribution in [2.24, 2.45) is 0 Å². The number of halogens is 1. The first-order chi connectivity index (χ1) is 13.8. The molecule has 0 unspecified atom stereocenters. The van der Waals surface area contributed by atoms with Crippen molar-refractivity contribution in [3.8, 4) is 5.75 Å². The molecule has 1 aromatic heterocycles. The third-order valence-corrected chi connectivity index (χ3v) is 4.36. The van der Waals surface area contributed by atoms with Crippen molar-refractivity contribution in [1.29, 1.82) is 0 Å². The minimum atomic E-state index is -0.721. The van der Waals surface area contributed by atoms with Crippen LogP contribution in [0, 0.1) is 13.8 Å². The zero-order valence-corrected chi connectivity index (χ0v) is 16.5. The van der Waals surface area contributed by atoms with Crippen LogP contribution < -0.4 is 15.7 Å². The summed E-state index contributed by atoms with van der Waals surface area (Å²) in [4.78, 5) is 35.2. The lowest BCUT2D eigenvalue weighted by Gasteiger charge is -2.09. The molecule has 0 fully saturated rings. The van der Waals surface area contributed by atoms with Crippen LogP contribution in [-0.2, 0) is 14.3 Å². The summed E-state index contributed by atoms with van der Waals surface area (Å²) in [6.07, 6.45) is 0. The van der Waals surface area contributed by atoms with Crippen molar-refractivity contribution in [2.45, 2.75) is 13.8 Å². The monoisotopic (exact) mass is 415 g/mol. The van der Waals surface area contributed by atoms with E-state index in [0.717, 1.165) is 16.5 Å². The van der Waals surface area contributed by atoms with Gasteiger partial charge in [0, 0.05) is 17.5 Å². The first kappa shape index (κ1) is 20.4. The Kier molecular flexibility index (Phi) is 6.19. The summed E-state index contributed by atoms with van der Waals surface area (Å²) >= 11 is 6.05. The molecular formula is C21H18ClNO6. The molecule has 0 bridgehead atoms. The van der Waals surface area contributed by atoms with Crippen LogP contribution in [0.2, 0.25) is 5.02 Å². The van der Waals surface area contributed by atoms with Gasteiger partial charge in [-0.25, -0.2) is 9.59 Å². The standard InChI is InChI=1S/C21H18ClNO6/c1-12-3-6-17(16(22)7-12)23-19(24)10-28-21(26)11-27-14-4-5-15-13(2)8-20(25)29-18(15)9-14/h3-9H,10-11H2,1-2H3,(H,23,24). The molecule has 0 saturated heterocycles.